The molecule has 5 heteroatoms. The number of halogens is 1. The molecule has 1 aromatic heterocycles. The van der Waals surface area contributed by atoms with Crippen LogP contribution in [0.5, 0.6) is 0 Å². The van der Waals surface area contributed by atoms with Crippen molar-refractivity contribution in [3.63, 3.8) is 0 Å². The molecule has 0 radical (unpaired) electrons. The summed E-state index contributed by atoms with van der Waals surface area (Å²) in [6.07, 6.45) is 3.24. The van der Waals surface area contributed by atoms with Gasteiger partial charge in [-0.3, -0.25) is 0 Å². The second-order valence-corrected chi connectivity index (χ2v) is 4.25. The van der Waals surface area contributed by atoms with Crippen LogP contribution in [0.15, 0.2) is 4.60 Å². The maximum atomic E-state index is 11.6. The van der Waals surface area contributed by atoms with Crippen molar-refractivity contribution in [1.29, 1.82) is 0 Å². The van der Waals surface area contributed by atoms with Crippen LogP contribution in [0, 0.1) is 0 Å². The number of carbonyl (C=O) groups excluding carboxylic acids is 1. The third kappa shape index (κ3) is 1.93. The van der Waals surface area contributed by atoms with Crippen LogP contribution in [0.4, 0.5) is 0 Å². The molecule has 0 saturated carbocycles. The standard InChI is InChI=1S/C10H13BrN2O2/c1-2-15-10(14)9-12-8(11)7-5-3-4-6-13(7)9/h2-6H2,1H3. The van der Waals surface area contributed by atoms with Crippen LogP contribution in [0.3, 0.4) is 0 Å². The number of aromatic nitrogens is 2. The van der Waals surface area contributed by atoms with Crippen LogP contribution < -0.4 is 0 Å². The molecule has 15 heavy (non-hydrogen) atoms. The van der Waals surface area contributed by atoms with E-state index in [-0.39, 0.29) is 5.97 Å². The second kappa shape index (κ2) is 4.35. The van der Waals surface area contributed by atoms with Gasteiger partial charge in [0.1, 0.15) is 4.60 Å². The normalized spacial score (nSPS) is 14.8. The molecule has 0 fully saturated rings. The molecule has 0 aromatic carbocycles. The summed E-state index contributed by atoms with van der Waals surface area (Å²) in [6.45, 7) is 3.05. The summed E-state index contributed by atoms with van der Waals surface area (Å²) in [6, 6.07) is 0. The molecule has 82 valence electrons. The van der Waals surface area contributed by atoms with E-state index in [9.17, 15) is 4.79 Å². The Morgan fingerprint density at radius 3 is 3.13 bits per heavy atom. The van der Waals surface area contributed by atoms with Crippen molar-refractivity contribution in [2.75, 3.05) is 6.61 Å². The minimum absolute atomic E-state index is 0.327. The minimum Gasteiger partial charge on any atom is -0.460 e. The summed E-state index contributed by atoms with van der Waals surface area (Å²) in [5.41, 5.74) is 1.12. The van der Waals surface area contributed by atoms with Crippen molar-refractivity contribution >= 4 is 21.9 Å². The highest BCUT2D eigenvalue weighted by Gasteiger charge is 2.23. The monoisotopic (exact) mass is 272 g/mol. The number of rotatable bonds is 2. The summed E-state index contributed by atoms with van der Waals surface area (Å²) in [5.74, 6) is 0.102. The third-order valence-electron chi connectivity index (χ3n) is 2.53. The van der Waals surface area contributed by atoms with Gasteiger partial charge in [0.05, 0.1) is 12.3 Å². The fourth-order valence-corrected chi connectivity index (χ4v) is 2.43. The van der Waals surface area contributed by atoms with Crippen LogP contribution in [0.25, 0.3) is 0 Å². The fourth-order valence-electron chi connectivity index (χ4n) is 1.85. The van der Waals surface area contributed by atoms with Gasteiger partial charge in [-0.1, -0.05) is 0 Å². The molecule has 0 spiro atoms. The first-order valence-electron chi connectivity index (χ1n) is 5.16. The second-order valence-electron chi connectivity index (χ2n) is 3.50. The van der Waals surface area contributed by atoms with Gasteiger partial charge in [0.15, 0.2) is 0 Å². The number of fused-ring (bicyclic) bond motifs is 1. The number of hydrogen-bond donors (Lipinski definition) is 0. The molecule has 0 saturated heterocycles. The maximum Gasteiger partial charge on any atom is 0.374 e. The number of hydrogen-bond acceptors (Lipinski definition) is 3. The topological polar surface area (TPSA) is 44.1 Å². The molecule has 1 aliphatic heterocycles. The lowest BCUT2D eigenvalue weighted by Crippen LogP contribution is -2.18. The number of carbonyl (C=O) groups is 1. The molecule has 2 heterocycles. The van der Waals surface area contributed by atoms with E-state index < -0.39 is 0 Å². The van der Waals surface area contributed by atoms with Crippen molar-refractivity contribution in [3.05, 3.63) is 16.1 Å². The van der Waals surface area contributed by atoms with E-state index in [0.717, 1.165) is 36.1 Å². The Morgan fingerprint density at radius 1 is 1.60 bits per heavy atom. The summed E-state index contributed by atoms with van der Waals surface area (Å²) < 4.78 is 7.71. The zero-order valence-corrected chi connectivity index (χ0v) is 10.2. The molecule has 0 bridgehead atoms. The largest absolute Gasteiger partial charge is 0.460 e. The Labute approximate surface area is 96.8 Å². The lowest BCUT2D eigenvalue weighted by molar-refractivity contribution is 0.0505. The van der Waals surface area contributed by atoms with Crippen LogP contribution >= 0.6 is 15.9 Å². The molecular formula is C10H13BrN2O2. The zero-order chi connectivity index (χ0) is 10.8. The summed E-state index contributed by atoms with van der Waals surface area (Å²) in [5, 5.41) is 0. The molecule has 1 aliphatic rings. The Kier molecular flexibility index (Phi) is 3.09. The Balaban J connectivity index is 2.35. The van der Waals surface area contributed by atoms with Crippen LogP contribution in [0.2, 0.25) is 0 Å². The first-order valence-corrected chi connectivity index (χ1v) is 5.95. The molecule has 0 amide bonds. The first kappa shape index (κ1) is 10.7. The summed E-state index contributed by atoms with van der Waals surface area (Å²) in [7, 11) is 0. The van der Waals surface area contributed by atoms with Crippen LogP contribution in [-0.4, -0.2) is 22.1 Å². The fraction of sp³-hybridized carbons (Fsp3) is 0.600. The van der Waals surface area contributed by atoms with Crippen LogP contribution in [-0.2, 0) is 17.7 Å². The average molecular weight is 273 g/mol. The Morgan fingerprint density at radius 2 is 2.40 bits per heavy atom. The average Bonchev–Trinajstić information content (AvgIpc) is 2.58. The number of esters is 1. The van der Waals surface area contributed by atoms with Crippen molar-refractivity contribution in [2.24, 2.45) is 0 Å². The van der Waals surface area contributed by atoms with Crippen molar-refractivity contribution in [3.8, 4) is 0 Å². The Bertz CT molecular complexity index is 387. The SMILES string of the molecule is CCOC(=O)c1nc(Br)c2n1CCCC2. The van der Waals surface area contributed by atoms with E-state index in [4.69, 9.17) is 4.74 Å². The van der Waals surface area contributed by atoms with E-state index in [1.165, 1.54) is 0 Å². The highest BCUT2D eigenvalue weighted by Crippen LogP contribution is 2.24. The molecule has 2 rings (SSSR count). The van der Waals surface area contributed by atoms with Gasteiger partial charge in [-0.25, -0.2) is 9.78 Å². The van der Waals surface area contributed by atoms with Gasteiger partial charge >= 0.3 is 5.97 Å². The quantitative estimate of drug-likeness (QED) is 0.775. The predicted molar refractivity (Wildman–Crippen MR) is 58.8 cm³/mol. The van der Waals surface area contributed by atoms with Crippen molar-refractivity contribution < 1.29 is 9.53 Å². The van der Waals surface area contributed by atoms with Gasteiger partial charge in [0, 0.05) is 6.54 Å². The van der Waals surface area contributed by atoms with E-state index >= 15 is 0 Å². The van der Waals surface area contributed by atoms with E-state index in [1.54, 1.807) is 6.92 Å². The van der Waals surface area contributed by atoms with Gasteiger partial charge in [0.2, 0.25) is 5.82 Å². The highest BCUT2D eigenvalue weighted by molar-refractivity contribution is 9.10. The number of imidazole rings is 1. The summed E-state index contributed by atoms with van der Waals surface area (Å²) in [4.78, 5) is 15.8. The molecular weight excluding hydrogens is 260 g/mol. The number of nitrogens with zero attached hydrogens (tertiary/aromatic N) is 2. The number of ether oxygens (including phenoxy) is 1. The third-order valence-corrected chi connectivity index (χ3v) is 3.16. The molecule has 0 unspecified atom stereocenters. The molecule has 4 nitrogen and oxygen atoms in total. The zero-order valence-electron chi connectivity index (χ0n) is 8.62. The van der Waals surface area contributed by atoms with Crippen molar-refractivity contribution in [1.82, 2.24) is 9.55 Å². The summed E-state index contributed by atoms with van der Waals surface area (Å²) >= 11 is 3.38. The van der Waals surface area contributed by atoms with E-state index in [0.29, 0.717) is 12.4 Å². The van der Waals surface area contributed by atoms with Gasteiger partial charge in [-0.2, -0.15) is 0 Å². The molecule has 1 aromatic rings. The molecule has 0 N–H and O–H groups in total. The molecule has 0 aliphatic carbocycles. The van der Waals surface area contributed by atoms with E-state index in [1.807, 2.05) is 4.57 Å². The highest BCUT2D eigenvalue weighted by atomic mass is 79.9. The maximum absolute atomic E-state index is 11.6. The predicted octanol–water partition coefficient (Wildman–Crippen LogP) is 2.16. The lowest BCUT2D eigenvalue weighted by atomic mass is 10.1. The molecule has 0 atom stereocenters. The lowest BCUT2D eigenvalue weighted by Gasteiger charge is -2.15. The smallest absolute Gasteiger partial charge is 0.374 e. The van der Waals surface area contributed by atoms with Gasteiger partial charge in [-0.15, -0.1) is 0 Å². The van der Waals surface area contributed by atoms with Gasteiger partial charge in [0.25, 0.3) is 0 Å². The van der Waals surface area contributed by atoms with Crippen molar-refractivity contribution in [2.45, 2.75) is 32.7 Å². The van der Waals surface area contributed by atoms with Gasteiger partial charge in [-0.05, 0) is 42.1 Å². The first-order chi connectivity index (χ1) is 7.24. The van der Waals surface area contributed by atoms with Gasteiger partial charge < -0.3 is 9.30 Å². The van der Waals surface area contributed by atoms with E-state index in [2.05, 4.69) is 20.9 Å². The van der Waals surface area contributed by atoms with Crippen LogP contribution in [0.1, 0.15) is 36.1 Å². The minimum atomic E-state index is -0.327. The Hall–Kier alpha value is -0.840.